The molecule has 1 aromatic rings. The van der Waals surface area contributed by atoms with E-state index in [0.29, 0.717) is 0 Å². The molecular weight excluding hydrogens is 268 g/mol. The second-order valence-electron chi connectivity index (χ2n) is 3.80. The third kappa shape index (κ3) is 3.61. The molecule has 4 heteroatoms. The molecule has 1 rings (SSSR count). The topological polar surface area (TPSA) is 41.1 Å². The van der Waals surface area contributed by atoms with Crippen LogP contribution in [0.2, 0.25) is 0 Å². The van der Waals surface area contributed by atoms with Gasteiger partial charge < -0.3 is 10.6 Å². The van der Waals surface area contributed by atoms with Crippen molar-refractivity contribution in [3.63, 3.8) is 0 Å². The van der Waals surface area contributed by atoms with E-state index >= 15 is 0 Å². The third-order valence-electron chi connectivity index (χ3n) is 2.53. The predicted octanol–water partition coefficient (Wildman–Crippen LogP) is 2.23. The molecule has 0 heterocycles. The van der Waals surface area contributed by atoms with Crippen LogP contribution in [0.15, 0.2) is 28.7 Å². The van der Waals surface area contributed by atoms with Gasteiger partial charge in [-0.2, -0.15) is 0 Å². The Labute approximate surface area is 105 Å². The number of hydrogen-bond acceptors (Lipinski definition) is 2. The van der Waals surface area contributed by atoms with Crippen molar-refractivity contribution in [2.45, 2.75) is 25.9 Å². The molecule has 0 aliphatic rings. The maximum Gasteiger partial charge on any atom is 0.237 e. The van der Waals surface area contributed by atoms with Crippen LogP contribution in [-0.2, 0) is 4.79 Å². The molecule has 2 N–H and O–H groups in total. The Morgan fingerprint density at radius 3 is 2.62 bits per heavy atom. The number of hydrogen-bond donors (Lipinski definition) is 2. The second kappa shape index (κ2) is 6.01. The molecule has 0 bridgehead atoms. The van der Waals surface area contributed by atoms with Crippen molar-refractivity contribution in [2.24, 2.45) is 0 Å². The molecule has 0 saturated heterocycles. The van der Waals surface area contributed by atoms with Crippen LogP contribution in [0.4, 0.5) is 0 Å². The summed E-state index contributed by atoms with van der Waals surface area (Å²) in [5.41, 5.74) is 1.09. The van der Waals surface area contributed by atoms with E-state index < -0.39 is 0 Å². The third-order valence-corrected chi connectivity index (χ3v) is 3.03. The zero-order chi connectivity index (χ0) is 12.1. The summed E-state index contributed by atoms with van der Waals surface area (Å²) in [6.07, 6.45) is 0. The lowest BCUT2D eigenvalue weighted by Crippen LogP contribution is -2.41. The van der Waals surface area contributed by atoms with Gasteiger partial charge in [0, 0.05) is 4.47 Å². The van der Waals surface area contributed by atoms with E-state index in [9.17, 15) is 4.79 Å². The van der Waals surface area contributed by atoms with E-state index in [1.165, 1.54) is 0 Å². The zero-order valence-corrected chi connectivity index (χ0v) is 11.3. The van der Waals surface area contributed by atoms with E-state index in [1.807, 2.05) is 38.1 Å². The predicted molar refractivity (Wildman–Crippen MR) is 69.2 cm³/mol. The second-order valence-corrected chi connectivity index (χ2v) is 4.71. The minimum Gasteiger partial charge on any atom is -0.348 e. The summed E-state index contributed by atoms with van der Waals surface area (Å²) in [5.74, 6) is 0.00924. The molecule has 1 unspecified atom stereocenters. The van der Waals surface area contributed by atoms with Crippen LogP contribution in [0.3, 0.4) is 0 Å². The first-order chi connectivity index (χ1) is 7.54. The summed E-state index contributed by atoms with van der Waals surface area (Å²) in [7, 11) is 1.77. The van der Waals surface area contributed by atoms with Gasteiger partial charge in [-0.1, -0.05) is 28.1 Å². The Bertz CT molecular complexity index is 368. The highest BCUT2D eigenvalue weighted by atomic mass is 79.9. The molecule has 88 valence electrons. The average molecular weight is 285 g/mol. The van der Waals surface area contributed by atoms with Crippen molar-refractivity contribution in [1.82, 2.24) is 10.6 Å². The van der Waals surface area contributed by atoms with Gasteiger partial charge in [0.15, 0.2) is 0 Å². The van der Waals surface area contributed by atoms with E-state index in [2.05, 4.69) is 26.6 Å². The Balaban J connectivity index is 2.65. The quantitative estimate of drug-likeness (QED) is 0.890. The van der Waals surface area contributed by atoms with Gasteiger partial charge in [-0.05, 0) is 38.6 Å². The van der Waals surface area contributed by atoms with Gasteiger partial charge in [-0.15, -0.1) is 0 Å². The monoisotopic (exact) mass is 284 g/mol. The van der Waals surface area contributed by atoms with E-state index in [1.54, 1.807) is 7.05 Å². The fraction of sp³-hybridized carbons (Fsp3) is 0.417. The molecule has 2 atom stereocenters. The van der Waals surface area contributed by atoms with Crippen molar-refractivity contribution in [3.05, 3.63) is 34.3 Å². The Kier molecular flexibility index (Phi) is 4.96. The molecule has 3 nitrogen and oxygen atoms in total. The standard InChI is InChI=1S/C12H17BrN2O/c1-8(15-12(16)9(2)14-3)10-5-4-6-11(13)7-10/h4-9,14H,1-3H3,(H,15,16)/t8-,9?/m1/s1. The van der Waals surface area contributed by atoms with Crippen molar-refractivity contribution in [2.75, 3.05) is 7.05 Å². The first-order valence-corrected chi connectivity index (χ1v) is 6.07. The summed E-state index contributed by atoms with van der Waals surface area (Å²) < 4.78 is 1.02. The normalized spacial score (nSPS) is 14.2. The molecule has 0 radical (unpaired) electrons. The lowest BCUT2D eigenvalue weighted by molar-refractivity contribution is -0.123. The number of rotatable bonds is 4. The maximum absolute atomic E-state index is 11.7. The highest BCUT2D eigenvalue weighted by Crippen LogP contribution is 2.17. The molecule has 1 aromatic carbocycles. The van der Waals surface area contributed by atoms with Crippen LogP contribution >= 0.6 is 15.9 Å². The van der Waals surface area contributed by atoms with Crippen molar-refractivity contribution < 1.29 is 4.79 Å². The smallest absolute Gasteiger partial charge is 0.237 e. The van der Waals surface area contributed by atoms with Crippen LogP contribution in [0, 0.1) is 0 Å². The molecular formula is C12H17BrN2O. The van der Waals surface area contributed by atoms with Crippen LogP contribution in [0.1, 0.15) is 25.5 Å². The molecule has 0 spiro atoms. The number of carbonyl (C=O) groups is 1. The molecule has 0 fully saturated rings. The fourth-order valence-electron chi connectivity index (χ4n) is 1.33. The number of nitrogens with one attached hydrogen (secondary N) is 2. The first-order valence-electron chi connectivity index (χ1n) is 5.27. The van der Waals surface area contributed by atoms with Gasteiger partial charge in [0.1, 0.15) is 0 Å². The molecule has 0 aromatic heterocycles. The number of benzene rings is 1. The highest BCUT2D eigenvalue weighted by molar-refractivity contribution is 9.10. The van der Waals surface area contributed by atoms with E-state index in [4.69, 9.17) is 0 Å². The van der Waals surface area contributed by atoms with Gasteiger partial charge in [0.25, 0.3) is 0 Å². The number of halogens is 1. The number of carbonyl (C=O) groups excluding carboxylic acids is 1. The van der Waals surface area contributed by atoms with Crippen molar-refractivity contribution in [3.8, 4) is 0 Å². The van der Waals surface area contributed by atoms with Crippen molar-refractivity contribution in [1.29, 1.82) is 0 Å². The average Bonchev–Trinajstić information content (AvgIpc) is 2.27. The first kappa shape index (κ1) is 13.2. The number of amides is 1. The minimum atomic E-state index is -0.172. The maximum atomic E-state index is 11.7. The summed E-state index contributed by atoms with van der Waals surface area (Å²) in [5, 5.41) is 5.86. The minimum absolute atomic E-state index is 0.00924. The zero-order valence-electron chi connectivity index (χ0n) is 9.75. The Morgan fingerprint density at radius 2 is 2.06 bits per heavy atom. The summed E-state index contributed by atoms with van der Waals surface area (Å²) in [6.45, 7) is 3.81. The Hall–Kier alpha value is -0.870. The van der Waals surface area contributed by atoms with Crippen LogP contribution in [0.25, 0.3) is 0 Å². The lowest BCUT2D eigenvalue weighted by atomic mass is 10.1. The largest absolute Gasteiger partial charge is 0.348 e. The van der Waals surface area contributed by atoms with E-state index in [-0.39, 0.29) is 18.0 Å². The Morgan fingerprint density at radius 1 is 1.38 bits per heavy atom. The van der Waals surface area contributed by atoms with E-state index in [0.717, 1.165) is 10.0 Å². The molecule has 0 aliphatic heterocycles. The van der Waals surface area contributed by atoms with Gasteiger partial charge in [0.05, 0.1) is 12.1 Å². The molecule has 1 amide bonds. The SMILES string of the molecule is CNC(C)C(=O)N[C@H](C)c1cccc(Br)c1. The molecule has 0 saturated carbocycles. The van der Waals surface area contributed by atoms with Gasteiger partial charge in [-0.3, -0.25) is 4.79 Å². The van der Waals surface area contributed by atoms with Gasteiger partial charge in [0.2, 0.25) is 5.91 Å². The van der Waals surface area contributed by atoms with Gasteiger partial charge >= 0.3 is 0 Å². The van der Waals surface area contributed by atoms with Crippen molar-refractivity contribution >= 4 is 21.8 Å². The van der Waals surface area contributed by atoms with Crippen LogP contribution in [-0.4, -0.2) is 19.0 Å². The van der Waals surface area contributed by atoms with Gasteiger partial charge in [-0.25, -0.2) is 0 Å². The molecule has 0 aliphatic carbocycles. The fourth-order valence-corrected chi connectivity index (χ4v) is 1.75. The summed E-state index contributed by atoms with van der Waals surface area (Å²) in [4.78, 5) is 11.7. The molecule has 16 heavy (non-hydrogen) atoms. The highest BCUT2D eigenvalue weighted by Gasteiger charge is 2.14. The number of likely N-dealkylation sites (N-methyl/N-ethyl adjacent to an activating group) is 1. The van der Waals surface area contributed by atoms with Crippen LogP contribution in [0.5, 0.6) is 0 Å². The lowest BCUT2D eigenvalue weighted by Gasteiger charge is -2.17. The summed E-state index contributed by atoms with van der Waals surface area (Å²) in [6, 6.07) is 7.78. The van der Waals surface area contributed by atoms with Crippen LogP contribution < -0.4 is 10.6 Å². The summed E-state index contributed by atoms with van der Waals surface area (Å²) >= 11 is 3.41.